The molecule has 0 spiro atoms. The predicted octanol–water partition coefficient (Wildman–Crippen LogP) is 4.77. The Labute approximate surface area is 187 Å². The van der Waals surface area contributed by atoms with Gasteiger partial charge in [-0.15, -0.1) is 5.10 Å². The third-order valence-corrected chi connectivity index (χ3v) is 6.42. The van der Waals surface area contributed by atoms with Crippen molar-refractivity contribution in [1.82, 2.24) is 14.6 Å². The summed E-state index contributed by atoms with van der Waals surface area (Å²) in [5.41, 5.74) is 5.01. The molecule has 0 bridgehead atoms. The summed E-state index contributed by atoms with van der Waals surface area (Å²) in [5.74, 6) is 2.00. The minimum atomic E-state index is 0.446. The van der Waals surface area contributed by atoms with Crippen molar-refractivity contribution in [3.05, 3.63) is 53.7 Å². The van der Waals surface area contributed by atoms with E-state index < -0.39 is 0 Å². The van der Waals surface area contributed by atoms with Crippen LogP contribution in [0.15, 0.2) is 47.0 Å². The molecule has 3 aromatic heterocycles. The zero-order chi connectivity index (χ0) is 21.7. The van der Waals surface area contributed by atoms with Crippen LogP contribution in [-0.2, 0) is 13.0 Å². The van der Waals surface area contributed by atoms with E-state index in [1.165, 1.54) is 22.6 Å². The van der Waals surface area contributed by atoms with Gasteiger partial charge in [-0.2, -0.15) is 0 Å². The Morgan fingerprint density at radius 3 is 2.94 bits per heavy atom. The van der Waals surface area contributed by atoms with Gasteiger partial charge >= 0.3 is 0 Å². The lowest BCUT2D eigenvalue weighted by atomic mass is 10.1. The molecule has 1 aliphatic heterocycles. The van der Waals surface area contributed by atoms with Gasteiger partial charge in [-0.3, -0.25) is 0 Å². The highest BCUT2D eigenvalue weighted by molar-refractivity contribution is 7.18. The van der Waals surface area contributed by atoms with Crippen LogP contribution < -0.4 is 19.5 Å². The van der Waals surface area contributed by atoms with Gasteiger partial charge in [0.05, 0.1) is 25.8 Å². The molecule has 162 valence electrons. The maximum Gasteiger partial charge on any atom is 0.294 e. The summed E-state index contributed by atoms with van der Waals surface area (Å²) in [6.45, 7) is 1.43. The fraction of sp³-hybridized carbons (Fsp3) is 0.217. The maximum absolute atomic E-state index is 6.21. The molecular weight excluding hydrogens is 428 g/mol. The first-order valence-electron chi connectivity index (χ1n) is 10.2. The minimum absolute atomic E-state index is 0.446. The van der Waals surface area contributed by atoms with Gasteiger partial charge in [0.15, 0.2) is 5.76 Å². The van der Waals surface area contributed by atoms with Crippen LogP contribution in [0.1, 0.15) is 11.1 Å². The zero-order valence-electron chi connectivity index (χ0n) is 17.5. The Morgan fingerprint density at radius 2 is 2.09 bits per heavy atom. The molecule has 0 aliphatic carbocycles. The molecule has 0 amide bonds. The quantitative estimate of drug-likeness (QED) is 0.401. The summed E-state index contributed by atoms with van der Waals surface area (Å²) < 4.78 is 24.6. The van der Waals surface area contributed by atoms with Gasteiger partial charge in [0.2, 0.25) is 4.96 Å². The topological polar surface area (TPSA) is 83.1 Å². The average molecular weight is 449 g/mol. The fourth-order valence-electron chi connectivity index (χ4n) is 3.92. The predicted molar refractivity (Wildman–Crippen MR) is 122 cm³/mol. The molecule has 0 atom stereocenters. The first-order chi connectivity index (χ1) is 15.7. The van der Waals surface area contributed by atoms with Gasteiger partial charge in [-0.25, -0.2) is 9.50 Å². The molecule has 0 unspecified atom stereocenters. The number of imidazole rings is 1. The number of methoxy groups -OCH3 is 2. The van der Waals surface area contributed by atoms with E-state index in [0.717, 1.165) is 28.9 Å². The number of ether oxygens (including phenoxy) is 3. The van der Waals surface area contributed by atoms with Crippen LogP contribution in [0.25, 0.3) is 27.4 Å². The lowest BCUT2D eigenvalue weighted by molar-refractivity contribution is 0.307. The van der Waals surface area contributed by atoms with Crippen molar-refractivity contribution in [2.75, 3.05) is 26.1 Å². The molecule has 8 nitrogen and oxygen atoms in total. The third kappa shape index (κ3) is 3.21. The van der Waals surface area contributed by atoms with E-state index in [0.29, 0.717) is 40.3 Å². The van der Waals surface area contributed by atoms with Gasteiger partial charge in [0.25, 0.3) is 5.19 Å². The molecule has 2 aromatic carbocycles. The zero-order valence-corrected chi connectivity index (χ0v) is 18.4. The number of nitrogens with one attached hydrogen (secondary N) is 1. The van der Waals surface area contributed by atoms with E-state index in [9.17, 15) is 0 Å². The van der Waals surface area contributed by atoms with E-state index >= 15 is 0 Å². The highest BCUT2D eigenvalue weighted by atomic mass is 32.1. The Hall–Kier alpha value is -3.72. The number of anilines is 1. The summed E-state index contributed by atoms with van der Waals surface area (Å²) in [6, 6.07) is 12.1. The van der Waals surface area contributed by atoms with E-state index in [1.54, 1.807) is 18.7 Å². The number of benzene rings is 2. The van der Waals surface area contributed by atoms with E-state index in [-0.39, 0.29) is 0 Å². The van der Waals surface area contributed by atoms with Gasteiger partial charge in [0.1, 0.15) is 29.4 Å². The Bertz CT molecular complexity index is 1420. The Balaban J connectivity index is 1.33. The first kappa shape index (κ1) is 19.0. The van der Waals surface area contributed by atoms with Crippen LogP contribution >= 0.6 is 11.3 Å². The highest BCUT2D eigenvalue weighted by Crippen LogP contribution is 2.37. The number of nitrogens with zero attached hydrogens (tertiary/aromatic N) is 3. The molecule has 1 aliphatic rings. The standard InChI is InChI=1S/C23H20N4O4S/c1-28-15-8-19(30-12-13-3-4-14-5-6-24-17(14)7-13)16-10-21(31-20(16)9-15)18-11-27-22(25-18)32-23(26-27)29-2/h3-4,7-11,24H,5-6,12H2,1-2H3. The van der Waals surface area contributed by atoms with Crippen LogP contribution in [0.2, 0.25) is 0 Å². The molecule has 4 heterocycles. The number of hydrogen-bond acceptors (Lipinski definition) is 8. The SMILES string of the molecule is COc1cc(OCc2ccc3c(c2)NCC3)c2cc(-c3cn4nc(OC)sc4n3)oc2c1. The lowest BCUT2D eigenvalue weighted by Crippen LogP contribution is -1.97. The highest BCUT2D eigenvalue weighted by Gasteiger charge is 2.17. The van der Waals surface area contributed by atoms with Crippen LogP contribution in [0.4, 0.5) is 5.69 Å². The van der Waals surface area contributed by atoms with E-state index in [4.69, 9.17) is 18.6 Å². The third-order valence-electron chi connectivity index (χ3n) is 5.54. The number of fused-ring (bicyclic) bond motifs is 3. The molecule has 32 heavy (non-hydrogen) atoms. The van der Waals surface area contributed by atoms with Crippen molar-refractivity contribution < 1.29 is 18.6 Å². The monoisotopic (exact) mass is 448 g/mol. The van der Waals surface area contributed by atoms with Crippen molar-refractivity contribution in [3.63, 3.8) is 0 Å². The second-order valence-electron chi connectivity index (χ2n) is 7.53. The van der Waals surface area contributed by atoms with E-state index in [1.807, 2.05) is 24.4 Å². The van der Waals surface area contributed by atoms with Gasteiger partial charge in [-0.1, -0.05) is 12.1 Å². The molecule has 1 N–H and O–H groups in total. The minimum Gasteiger partial charge on any atom is -0.496 e. The molecular formula is C23H20N4O4S. The summed E-state index contributed by atoms with van der Waals surface area (Å²) in [7, 11) is 3.22. The van der Waals surface area contributed by atoms with Crippen molar-refractivity contribution in [2.45, 2.75) is 13.0 Å². The second-order valence-corrected chi connectivity index (χ2v) is 8.45. The summed E-state index contributed by atoms with van der Waals surface area (Å²) in [5, 5.41) is 9.16. The van der Waals surface area contributed by atoms with Crippen molar-refractivity contribution in [1.29, 1.82) is 0 Å². The lowest BCUT2D eigenvalue weighted by Gasteiger charge is -2.10. The van der Waals surface area contributed by atoms with Crippen LogP contribution in [-0.4, -0.2) is 35.4 Å². The van der Waals surface area contributed by atoms with Gasteiger partial charge < -0.3 is 23.9 Å². The van der Waals surface area contributed by atoms with E-state index in [2.05, 4.69) is 33.6 Å². The molecule has 0 saturated carbocycles. The normalized spacial score (nSPS) is 12.8. The number of rotatable bonds is 6. The molecule has 9 heteroatoms. The molecule has 0 fully saturated rings. The van der Waals surface area contributed by atoms with Crippen molar-refractivity contribution >= 4 is 33.0 Å². The van der Waals surface area contributed by atoms with Gasteiger partial charge in [0, 0.05) is 24.4 Å². The smallest absolute Gasteiger partial charge is 0.294 e. The second kappa shape index (κ2) is 7.45. The maximum atomic E-state index is 6.21. The molecule has 0 saturated heterocycles. The average Bonchev–Trinajstić information content (AvgIpc) is 3.58. The molecule has 0 radical (unpaired) electrons. The van der Waals surface area contributed by atoms with Crippen molar-refractivity contribution in [2.24, 2.45) is 0 Å². The van der Waals surface area contributed by atoms with Crippen molar-refractivity contribution in [3.8, 4) is 28.1 Å². The largest absolute Gasteiger partial charge is 0.496 e. The fourth-order valence-corrected chi connectivity index (χ4v) is 4.62. The van der Waals surface area contributed by atoms with Crippen LogP contribution in [0, 0.1) is 0 Å². The molecule has 6 rings (SSSR count). The van der Waals surface area contributed by atoms with Crippen LogP contribution in [0.3, 0.4) is 0 Å². The Kier molecular flexibility index (Phi) is 4.43. The molecule has 5 aromatic rings. The number of aromatic nitrogens is 3. The number of hydrogen-bond donors (Lipinski definition) is 1. The summed E-state index contributed by atoms with van der Waals surface area (Å²) in [6.07, 6.45) is 2.89. The Morgan fingerprint density at radius 1 is 1.16 bits per heavy atom. The summed E-state index contributed by atoms with van der Waals surface area (Å²) in [4.78, 5) is 5.35. The van der Waals surface area contributed by atoms with Gasteiger partial charge in [-0.05, 0) is 41.0 Å². The number of furan rings is 1. The summed E-state index contributed by atoms with van der Waals surface area (Å²) >= 11 is 1.37. The van der Waals surface area contributed by atoms with Crippen LogP contribution in [0.5, 0.6) is 16.7 Å². The first-order valence-corrected chi connectivity index (χ1v) is 11.0.